The van der Waals surface area contributed by atoms with Crippen molar-refractivity contribution in [2.45, 2.75) is 50.5 Å². The number of ether oxygens (including phenoxy) is 2. The van der Waals surface area contributed by atoms with Gasteiger partial charge < -0.3 is 25.8 Å². The molecule has 7 nitrogen and oxygen atoms in total. The highest BCUT2D eigenvalue weighted by molar-refractivity contribution is 5.94. The highest BCUT2D eigenvalue weighted by Gasteiger charge is 2.29. The summed E-state index contributed by atoms with van der Waals surface area (Å²) >= 11 is 0. The van der Waals surface area contributed by atoms with Crippen molar-refractivity contribution < 1.29 is 19.1 Å². The quantitative estimate of drug-likeness (QED) is 0.664. The summed E-state index contributed by atoms with van der Waals surface area (Å²) in [7, 11) is 0. The smallest absolute Gasteiger partial charge is 0.251 e. The molecule has 3 atom stereocenters. The first-order valence-electron chi connectivity index (χ1n) is 9.27. The van der Waals surface area contributed by atoms with Gasteiger partial charge in [0, 0.05) is 31.8 Å². The summed E-state index contributed by atoms with van der Waals surface area (Å²) in [5.74, 6) is -0.257. The molecule has 2 aliphatic heterocycles. The van der Waals surface area contributed by atoms with Crippen LogP contribution < -0.4 is 16.4 Å². The lowest BCUT2D eigenvalue weighted by Crippen LogP contribution is -2.35. The van der Waals surface area contributed by atoms with Crippen LogP contribution in [0.15, 0.2) is 24.3 Å². The van der Waals surface area contributed by atoms with Gasteiger partial charge in [-0.3, -0.25) is 9.59 Å². The van der Waals surface area contributed by atoms with Crippen LogP contribution in [0.3, 0.4) is 0 Å². The molecule has 1 aromatic carbocycles. The Morgan fingerprint density at radius 2 is 2.04 bits per heavy atom. The van der Waals surface area contributed by atoms with Gasteiger partial charge in [0.05, 0.1) is 12.2 Å². The molecule has 0 bridgehead atoms. The topological polar surface area (TPSA) is 103 Å². The van der Waals surface area contributed by atoms with Gasteiger partial charge in [-0.2, -0.15) is 0 Å². The summed E-state index contributed by atoms with van der Waals surface area (Å²) in [6.07, 6.45) is 3.20. The lowest BCUT2D eigenvalue weighted by molar-refractivity contribution is -0.132. The van der Waals surface area contributed by atoms with E-state index in [1.807, 2.05) is 12.1 Å². The third kappa shape index (κ3) is 5.03. The standard InChI is InChI=1S/C19H27N3O4/c20-10-15-6-7-17(26-15)19(24)21-11-13-3-1-4-14(9-13)18(23)22-12-16-5-2-8-25-16/h1,3-4,9,15-17H,2,5-8,10-12,20H2,(H,21,24)(H,22,23)/t15-,16?,17+/m1/s1. The molecule has 3 rings (SSSR count). The minimum Gasteiger partial charge on any atom is -0.376 e. The number of rotatable bonds is 7. The van der Waals surface area contributed by atoms with Crippen molar-refractivity contribution in [3.05, 3.63) is 35.4 Å². The number of amides is 2. The predicted molar refractivity (Wildman–Crippen MR) is 96.5 cm³/mol. The van der Waals surface area contributed by atoms with Crippen molar-refractivity contribution in [2.24, 2.45) is 5.73 Å². The van der Waals surface area contributed by atoms with Crippen molar-refractivity contribution in [1.82, 2.24) is 10.6 Å². The molecule has 2 heterocycles. The molecule has 2 fully saturated rings. The fourth-order valence-corrected chi connectivity index (χ4v) is 3.31. The molecule has 2 aliphatic rings. The van der Waals surface area contributed by atoms with E-state index in [-0.39, 0.29) is 24.0 Å². The van der Waals surface area contributed by atoms with Gasteiger partial charge in [-0.25, -0.2) is 0 Å². The van der Waals surface area contributed by atoms with Crippen LogP contribution in [0.2, 0.25) is 0 Å². The highest BCUT2D eigenvalue weighted by Crippen LogP contribution is 2.19. The molecule has 1 unspecified atom stereocenters. The van der Waals surface area contributed by atoms with E-state index in [2.05, 4.69) is 10.6 Å². The first-order chi connectivity index (χ1) is 12.7. The Morgan fingerprint density at radius 3 is 2.77 bits per heavy atom. The predicted octanol–water partition coefficient (Wildman–Crippen LogP) is 0.718. The van der Waals surface area contributed by atoms with E-state index < -0.39 is 6.10 Å². The van der Waals surface area contributed by atoms with Crippen LogP contribution in [-0.4, -0.2) is 49.8 Å². The van der Waals surface area contributed by atoms with Gasteiger partial charge in [0.1, 0.15) is 6.10 Å². The average Bonchev–Trinajstić information content (AvgIpc) is 3.36. The van der Waals surface area contributed by atoms with Gasteiger partial charge in [0.2, 0.25) is 5.91 Å². The van der Waals surface area contributed by atoms with Crippen molar-refractivity contribution in [3.63, 3.8) is 0 Å². The van der Waals surface area contributed by atoms with Crippen molar-refractivity contribution in [3.8, 4) is 0 Å². The minimum atomic E-state index is -0.429. The molecule has 0 spiro atoms. The molecule has 0 aliphatic carbocycles. The largest absolute Gasteiger partial charge is 0.376 e. The number of nitrogens with one attached hydrogen (secondary N) is 2. The second kappa shape index (κ2) is 9.12. The van der Waals surface area contributed by atoms with Crippen LogP contribution in [0.4, 0.5) is 0 Å². The number of carbonyl (C=O) groups is 2. The second-order valence-electron chi connectivity index (χ2n) is 6.82. The molecule has 4 N–H and O–H groups in total. The van der Waals surface area contributed by atoms with Gasteiger partial charge >= 0.3 is 0 Å². The van der Waals surface area contributed by atoms with Gasteiger partial charge in [-0.15, -0.1) is 0 Å². The van der Waals surface area contributed by atoms with E-state index in [4.69, 9.17) is 15.2 Å². The number of nitrogens with two attached hydrogens (primary N) is 1. The molecule has 2 amide bonds. The fraction of sp³-hybridized carbons (Fsp3) is 0.579. The number of carbonyl (C=O) groups excluding carboxylic acids is 2. The third-order valence-corrected chi connectivity index (χ3v) is 4.83. The highest BCUT2D eigenvalue weighted by atomic mass is 16.5. The zero-order chi connectivity index (χ0) is 18.4. The molecule has 1 aromatic rings. The lowest BCUT2D eigenvalue weighted by Gasteiger charge is -2.13. The molecule has 7 heteroatoms. The summed E-state index contributed by atoms with van der Waals surface area (Å²) in [5, 5.41) is 5.78. The van der Waals surface area contributed by atoms with E-state index in [1.165, 1.54) is 0 Å². The Labute approximate surface area is 153 Å². The number of hydrogen-bond donors (Lipinski definition) is 3. The summed E-state index contributed by atoms with van der Waals surface area (Å²) < 4.78 is 11.1. The average molecular weight is 361 g/mol. The third-order valence-electron chi connectivity index (χ3n) is 4.83. The Morgan fingerprint density at radius 1 is 1.15 bits per heavy atom. The van der Waals surface area contributed by atoms with Crippen LogP contribution in [0.1, 0.15) is 41.6 Å². The monoisotopic (exact) mass is 361 g/mol. The Balaban J connectivity index is 1.47. The van der Waals surface area contributed by atoms with Crippen molar-refractivity contribution >= 4 is 11.8 Å². The zero-order valence-electron chi connectivity index (χ0n) is 14.9. The molecule has 0 saturated carbocycles. The maximum atomic E-state index is 12.3. The van der Waals surface area contributed by atoms with Crippen molar-refractivity contribution in [2.75, 3.05) is 19.7 Å². The molecular weight excluding hydrogens is 334 g/mol. The van der Waals surface area contributed by atoms with E-state index in [0.29, 0.717) is 31.6 Å². The molecule has 142 valence electrons. The van der Waals surface area contributed by atoms with E-state index in [9.17, 15) is 9.59 Å². The first-order valence-corrected chi connectivity index (χ1v) is 9.27. The normalized spacial score (nSPS) is 25.2. The Bertz CT molecular complexity index is 631. The van der Waals surface area contributed by atoms with E-state index in [1.54, 1.807) is 12.1 Å². The van der Waals surface area contributed by atoms with Gasteiger partial charge in [-0.05, 0) is 43.4 Å². The van der Waals surface area contributed by atoms with Gasteiger partial charge in [-0.1, -0.05) is 12.1 Å². The molecule has 0 aromatic heterocycles. The van der Waals surface area contributed by atoms with Crippen LogP contribution >= 0.6 is 0 Å². The summed E-state index contributed by atoms with van der Waals surface area (Å²) in [5.41, 5.74) is 7.02. The second-order valence-corrected chi connectivity index (χ2v) is 6.82. The maximum Gasteiger partial charge on any atom is 0.251 e. The van der Waals surface area contributed by atoms with Crippen LogP contribution in [0.5, 0.6) is 0 Å². The number of benzene rings is 1. The van der Waals surface area contributed by atoms with E-state index in [0.717, 1.165) is 31.4 Å². The number of hydrogen-bond acceptors (Lipinski definition) is 5. The van der Waals surface area contributed by atoms with Gasteiger partial charge in [0.15, 0.2) is 0 Å². The molecular formula is C19H27N3O4. The first kappa shape index (κ1) is 18.8. The lowest BCUT2D eigenvalue weighted by atomic mass is 10.1. The molecule has 0 radical (unpaired) electrons. The molecule has 26 heavy (non-hydrogen) atoms. The summed E-state index contributed by atoms with van der Waals surface area (Å²) in [4.78, 5) is 24.5. The Hall–Kier alpha value is -1.96. The SMILES string of the molecule is NC[C@H]1CC[C@@H](C(=O)NCc2cccc(C(=O)NCC3CCCO3)c2)O1. The summed E-state index contributed by atoms with van der Waals surface area (Å²) in [6.45, 7) is 2.10. The zero-order valence-corrected chi connectivity index (χ0v) is 14.9. The van der Waals surface area contributed by atoms with Crippen molar-refractivity contribution in [1.29, 1.82) is 0 Å². The molecule has 2 saturated heterocycles. The van der Waals surface area contributed by atoms with Crippen LogP contribution in [0.25, 0.3) is 0 Å². The maximum absolute atomic E-state index is 12.3. The summed E-state index contributed by atoms with van der Waals surface area (Å²) in [6, 6.07) is 7.26. The van der Waals surface area contributed by atoms with Crippen LogP contribution in [-0.2, 0) is 20.8 Å². The fourth-order valence-electron chi connectivity index (χ4n) is 3.31. The minimum absolute atomic E-state index is 0.0263. The van der Waals surface area contributed by atoms with Crippen LogP contribution in [0, 0.1) is 0 Å². The van der Waals surface area contributed by atoms with E-state index >= 15 is 0 Å². The Kier molecular flexibility index (Phi) is 6.60. The van der Waals surface area contributed by atoms with Gasteiger partial charge in [0.25, 0.3) is 5.91 Å².